The molecule has 33 heavy (non-hydrogen) atoms. The first-order chi connectivity index (χ1) is 15.7. The monoisotopic (exact) mass is 494 g/mol. The summed E-state index contributed by atoms with van der Waals surface area (Å²) in [5, 5.41) is 2.24. The van der Waals surface area contributed by atoms with Gasteiger partial charge in [0.15, 0.2) is 19.7 Å². The van der Waals surface area contributed by atoms with E-state index in [1.54, 1.807) is 36.4 Å². The van der Waals surface area contributed by atoms with E-state index >= 15 is 0 Å². The number of nitrogens with one attached hydrogen (secondary N) is 1. The minimum Gasteiger partial charge on any atom is -0.310 e. The van der Waals surface area contributed by atoms with Crippen LogP contribution in [-0.2, 0) is 26.1 Å². The summed E-state index contributed by atoms with van der Waals surface area (Å²) in [6.07, 6.45) is 2.93. The standard InChI is InChI=1S/C24H31FN2O4S2/c1-2-18-5-11-21(12-6-18)33(30,31)24-17-32(28,29)16-22(24)26-15-23(27-13-3-4-14-27)19-7-9-20(25)10-8-19/h5-12,22-24,26H,2-4,13-17H2,1H3/t22-,23?,24-/m0/s1. The molecular weight excluding hydrogens is 463 g/mol. The molecule has 2 heterocycles. The normalized spacial score (nSPS) is 24.2. The topological polar surface area (TPSA) is 83.5 Å². The van der Waals surface area contributed by atoms with Gasteiger partial charge in [-0.3, -0.25) is 4.90 Å². The molecule has 0 aromatic heterocycles. The first-order valence-corrected chi connectivity index (χ1v) is 14.8. The predicted molar refractivity (Wildman–Crippen MR) is 127 cm³/mol. The second-order valence-electron chi connectivity index (χ2n) is 8.98. The van der Waals surface area contributed by atoms with Gasteiger partial charge in [0.05, 0.1) is 21.7 Å². The zero-order chi connectivity index (χ0) is 23.6. The van der Waals surface area contributed by atoms with E-state index in [-0.39, 0.29) is 28.3 Å². The van der Waals surface area contributed by atoms with E-state index in [0.717, 1.165) is 43.5 Å². The van der Waals surface area contributed by atoms with E-state index in [1.165, 1.54) is 12.1 Å². The molecule has 0 bridgehead atoms. The minimum atomic E-state index is -3.83. The third-order valence-electron chi connectivity index (χ3n) is 6.77. The third-order valence-corrected chi connectivity index (χ3v) is 10.9. The van der Waals surface area contributed by atoms with Crippen LogP contribution in [0.25, 0.3) is 0 Å². The van der Waals surface area contributed by atoms with E-state index < -0.39 is 31.0 Å². The summed E-state index contributed by atoms with van der Waals surface area (Å²) in [4.78, 5) is 2.44. The Kier molecular flexibility index (Phi) is 7.23. The summed E-state index contributed by atoms with van der Waals surface area (Å²) >= 11 is 0. The van der Waals surface area contributed by atoms with Crippen LogP contribution < -0.4 is 5.32 Å². The van der Waals surface area contributed by atoms with Gasteiger partial charge in [-0.1, -0.05) is 31.2 Å². The number of hydrogen-bond donors (Lipinski definition) is 1. The molecule has 2 saturated heterocycles. The van der Waals surface area contributed by atoms with Crippen LogP contribution in [0.15, 0.2) is 53.4 Å². The van der Waals surface area contributed by atoms with Crippen molar-refractivity contribution in [2.24, 2.45) is 0 Å². The Morgan fingerprint density at radius 2 is 1.67 bits per heavy atom. The van der Waals surface area contributed by atoms with Gasteiger partial charge in [0.25, 0.3) is 0 Å². The molecule has 0 radical (unpaired) electrons. The Bertz CT molecular complexity index is 1160. The Morgan fingerprint density at radius 1 is 1.03 bits per heavy atom. The van der Waals surface area contributed by atoms with Gasteiger partial charge < -0.3 is 5.32 Å². The number of nitrogens with zero attached hydrogens (tertiary/aromatic N) is 1. The van der Waals surface area contributed by atoms with E-state index in [2.05, 4.69) is 10.2 Å². The van der Waals surface area contributed by atoms with E-state index in [4.69, 9.17) is 0 Å². The van der Waals surface area contributed by atoms with Crippen molar-refractivity contribution in [3.05, 3.63) is 65.5 Å². The first kappa shape index (κ1) is 24.3. The average molecular weight is 495 g/mol. The van der Waals surface area contributed by atoms with Crippen molar-refractivity contribution in [2.45, 2.75) is 48.4 Å². The number of likely N-dealkylation sites (tertiary alicyclic amines) is 1. The Morgan fingerprint density at radius 3 is 2.27 bits per heavy atom. The molecule has 2 aliphatic heterocycles. The Labute approximate surface area is 196 Å². The van der Waals surface area contributed by atoms with Crippen molar-refractivity contribution >= 4 is 19.7 Å². The number of rotatable bonds is 8. The second-order valence-corrected chi connectivity index (χ2v) is 13.3. The molecule has 9 heteroatoms. The van der Waals surface area contributed by atoms with Gasteiger partial charge in [-0.2, -0.15) is 0 Å². The highest BCUT2D eigenvalue weighted by Crippen LogP contribution is 2.29. The fourth-order valence-electron chi connectivity index (χ4n) is 4.86. The van der Waals surface area contributed by atoms with Crippen molar-refractivity contribution in [2.75, 3.05) is 31.1 Å². The predicted octanol–water partition coefficient (Wildman–Crippen LogP) is 2.75. The van der Waals surface area contributed by atoms with Gasteiger partial charge in [-0.15, -0.1) is 0 Å². The zero-order valence-corrected chi connectivity index (χ0v) is 20.4. The SMILES string of the molecule is CCc1ccc(S(=O)(=O)[C@H]2CS(=O)(=O)C[C@@H]2NCC(c2ccc(F)cc2)N2CCCC2)cc1. The lowest BCUT2D eigenvalue weighted by Gasteiger charge is -2.30. The van der Waals surface area contributed by atoms with E-state index in [9.17, 15) is 21.2 Å². The fraction of sp³-hybridized carbons (Fsp3) is 0.500. The molecule has 0 saturated carbocycles. The van der Waals surface area contributed by atoms with Gasteiger partial charge >= 0.3 is 0 Å². The summed E-state index contributed by atoms with van der Waals surface area (Å²) in [5.41, 5.74) is 1.96. The molecule has 180 valence electrons. The molecule has 4 rings (SSSR count). The molecule has 2 fully saturated rings. The molecule has 2 aromatic rings. The molecule has 0 amide bonds. The van der Waals surface area contributed by atoms with Crippen molar-refractivity contribution in [3.63, 3.8) is 0 Å². The number of sulfone groups is 2. The summed E-state index contributed by atoms with van der Waals surface area (Å²) < 4.78 is 65.2. The maximum Gasteiger partial charge on any atom is 0.183 e. The quantitative estimate of drug-likeness (QED) is 0.608. The maximum atomic E-state index is 13.5. The molecule has 2 aliphatic rings. The van der Waals surface area contributed by atoms with Crippen molar-refractivity contribution in [1.29, 1.82) is 0 Å². The maximum absolute atomic E-state index is 13.5. The van der Waals surface area contributed by atoms with Gasteiger partial charge in [0.1, 0.15) is 5.82 Å². The van der Waals surface area contributed by atoms with Crippen LogP contribution in [0.2, 0.25) is 0 Å². The Balaban J connectivity index is 1.56. The molecule has 6 nitrogen and oxygen atoms in total. The van der Waals surface area contributed by atoms with Crippen LogP contribution in [0, 0.1) is 5.82 Å². The average Bonchev–Trinajstić information content (AvgIpc) is 3.43. The van der Waals surface area contributed by atoms with Crippen LogP contribution in [0.3, 0.4) is 0 Å². The highest BCUT2D eigenvalue weighted by Gasteiger charge is 2.46. The second kappa shape index (κ2) is 9.82. The first-order valence-electron chi connectivity index (χ1n) is 11.5. The Hall–Kier alpha value is -1.81. The van der Waals surface area contributed by atoms with Gasteiger partial charge in [-0.05, 0) is 67.7 Å². The van der Waals surface area contributed by atoms with Crippen LogP contribution in [0.5, 0.6) is 0 Å². The zero-order valence-electron chi connectivity index (χ0n) is 18.8. The van der Waals surface area contributed by atoms with E-state index in [0.29, 0.717) is 6.54 Å². The number of hydrogen-bond acceptors (Lipinski definition) is 6. The highest BCUT2D eigenvalue weighted by molar-refractivity contribution is 7.96. The summed E-state index contributed by atoms with van der Waals surface area (Å²) in [7, 11) is -7.32. The highest BCUT2D eigenvalue weighted by atomic mass is 32.2. The van der Waals surface area contributed by atoms with Crippen molar-refractivity contribution in [3.8, 4) is 0 Å². The lowest BCUT2D eigenvalue weighted by molar-refractivity contribution is 0.234. The van der Waals surface area contributed by atoms with Crippen LogP contribution >= 0.6 is 0 Å². The van der Waals surface area contributed by atoms with Crippen molar-refractivity contribution < 1.29 is 21.2 Å². The molecule has 0 aliphatic carbocycles. The van der Waals surface area contributed by atoms with Gasteiger partial charge in [0.2, 0.25) is 0 Å². The molecule has 2 aromatic carbocycles. The van der Waals surface area contributed by atoms with Crippen molar-refractivity contribution in [1.82, 2.24) is 10.2 Å². The van der Waals surface area contributed by atoms with Gasteiger partial charge in [-0.25, -0.2) is 21.2 Å². The molecule has 1 unspecified atom stereocenters. The number of benzene rings is 2. The minimum absolute atomic E-state index is 0.0800. The summed E-state index contributed by atoms with van der Waals surface area (Å²) in [6, 6.07) is 12.2. The lowest BCUT2D eigenvalue weighted by atomic mass is 10.0. The summed E-state index contributed by atoms with van der Waals surface area (Å²) in [6.45, 7) is 4.19. The van der Waals surface area contributed by atoms with Crippen LogP contribution in [0.1, 0.15) is 36.9 Å². The largest absolute Gasteiger partial charge is 0.310 e. The fourth-order valence-corrected chi connectivity index (χ4v) is 9.58. The van der Waals surface area contributed by atoms with E-state index in [1.807, 2.05) is 6.92 Å². The smallest absolute Gasteiger partial charge is 0.183 e. The van der Waals surface area contributed by atoms with Crippen LogP contribution in [-0.4, -0.2) is 64.2 Å². The van der Waals surface area contributed by atoms with Gasteiger partial charge in [0, 0.05) is 18.6 Å². The lowest BCUT2D eigenvalue weighted by Crippen LogP contribution is -2.46. The number of aryl methyl sites for hydroxylation is 1. The molecule has 1 N–H and O–H groups in total. The summed E-state index contributed by atoms with van der Waals surface area (Å²) in [5.74, 6) is -0.901. The number of halogens is 1. The molecule has 0 spiro atoms. The molecular formula is C24H31FN2O4S2. The van der Waals surface area contributed by atoms with Crippen LogP contribution in [0.4, 0.5) is 4.39 Å². The molecule has 3 atom stereocenters. The third kappa shape index (κ3) is 5.48.